The third kappa shape index (κ3) is 4.59. The average molecular weight is 300 g/mol. The lowest BCUT2D eigenvalue weighted by atomic mass is 10.1. The summed E-state index contributed by atoms with van der Waals surface area (Å²) in [6, 6.07) is 6.74. The molecule has 0 heterocycles. The highest BCUT2D eigenvalue weighted by Gasteiger charge is 2.20. The third-order valence-corrected chi connectivity index (χ3v) is 4.70. The zero-order valence-corrected chi connectivity index (χ0v) is 12.6. The van der Waals surface area contributed by atoms with Crippen molar-refractivity contribution in [3.8, 4) is 0 Å². The first-order valence-electron chi connectivity index (χ1n) is 6.25. The maximum absolute atomic E-state index is 12.0. The fourth-order valence-corrected chi connectivity index (χ4v) is 2.71. The molecule has 1 rings (SSSR count). The van der Waals surface area contributed by atoms with Gasteiger partial charge in [-0.3, -0.25) is 4.79 Å². The standard InChI is InChI=1S/C13H20N2O4S/c1-10(2)15(3)20(18,19)14-9-12-7-5-4-6-11(12)8-13(16)17/h4-7,10,14H,8-9H2,1-3H3,(H,16,17). The van der Waals surface area contributed by atoms with E-state index < -0.39 is 16.2 Å². The predicted octanol–water partition coefficient (Wildman–Crippen LogP) is 0.988. The normalized spacial score (nSPS) is 12.1. The molecule has 0 saturated heterocycles. The SMILES string of the molecule is CC(C)N(C)S(=O)(=O)NCc1ccccc1CC(=O)O. The number of hydrogen-bond acceptors (Lipinski definition) is 3. The molecule has 7 heteroatoms. The Hall–Kier alpha value is -1.44. The van der Waals surface area contributed by atoms with Crippen molar-refractivity contribution >= 4 is 16.2 Å². The molecular weight excluding hydrogens is 280 g/mol. The number of carboxylic acid groups (broad SMARTS) is 1. The Balaban J connectivity index is 2.83. The Bertz CT molecular complexity index is 569. The van der Waals surface area contributed by atoms with Crippen LogP contribution in [0.5, 0.6) is 0 Å². The van der Waals surface area contributed by atoms with Gasteiger partial charge in [0.2, 0.25) is 0 Å². The molecule has 0 unspecified atom stereocenters. The van der Waals surface area contributed by atoms with Crippen molar-refractivity contribution in [1.29, 1.82) is 0 Å². The summed E-state index contributed by atoms with van der Waals surface area (Å²) in [6.07, 6.45) is -0.127. The number of carbonyl (C=O) groups is 1. The number of nitrogens with zero attached hydrogens (tertiary/aromatic N) is 1. The highest BCUT2D eigenvalue weighted by atomic mass is 32.2. The smallest absolute Gasteiger partial charge is 0.307 e. The zero-order valence-electron chi connectivity index (χ0n) is 11.8. The van der Waals surface area contributed by atoms with Crippen molar-refractivity contribution in [3.63, 3.8) is 0 Å². The Labute approximate surface area is 119 Å². The average Bonchev–Trinajstić information content (AvgIpc) is 2.36. The molecule has 20 heavy (non-hydrogen) atoms. The second-order valence-electron chi connectivity index (χ2n) is 4.78. The maximum Gasteiger partial charge on any atom is 0.307 e. The van der Waals surface area contributed by atoms with Crippen LogP contribution in [0.4, 0.5) is 0 Å². The lowest BCUT2D eigenvalue weighted by Gasteiger charge is -2.21. The molecule has 0 amide bonds. The molecule has 0 saturated carbocycles. The third-order valence-electron chi connectivity index (χ3n) is 3.01. The molecule has 0 spiro atoms. The van der Waals surface area contributed by atoms with Crippen LogP contribution in [0.1, 0.15) is 25.0 Å². The Morgan fingerprint density at radius 3 is 2.35 bits per heavy atom. The van der Waals surface area contributed by atoms with Crippen LogP contribution in [-0.4, -0.2) is 36.9 Å². The minimum absolute atomic E-state index is 0.0723. The second kappa shape index (κ2) is 6.83. The van der Waals surface area contributed by atoms with Crippen molar-refractivity contribution in [2.24, 2.45) is 0 Å². The van der Waals surface area contributed by atoms with Gasteiger partial charge in [0.1, 0.15) is 0 Å². The van der Waals surface area contributed by atoms with E-state index in [2.05, 4.69) is 4.72 Å². The van der Waals surface area contributed by atoms with Crippen LogP contribution in [0.15, 0.2) is 24.3 Å². The zero-order chi connectivity index (χ0) is 15.3. The number of carboxylic acids is 1. The predicted molar refractivity (Wildman–Crippen MR) is 76.4 cm³/mol. The summed E-state index contributed by atoms with van der Waals surface area (Å²) in [7, 11) is -2.07. The molecule has 6 nitrogen and oxygen atoms in total. The molecule has 1 aromatic carbocycles. The lowest BCUT2D eigenvalue weighted by Crippen LogP contribution is -2.41. The summed E-state index contributed by atoms with van der Waals surface area (Å²) in [4.78, 5) is 10.8. The van der Waals surface area contributed by atoms with E-state index in [0.29, 0.717) is 11.1 Å². The van der Waals surface area contributed by atoms with Crippen LogP contribution in [0.25, 0.3) is 0 Å². The van der Waals surface area contributed by atoms with Gasteiger partial charge in [-0.2, -0.15) is 17.4 Å². The summed E-state index contributed by atoms with van der Waals surface area (Å²) in [6.45, 7) is 3.62. The molecule has 0 aliphatic heterocycles. The molecule has 1 aromatic rings. The van der Waals surface area contributed by atoms with Crippen LogP contribution in [-0.2, 0) is 28.0 Å². The maximum atomic E-state index is 12.0. The van der Waals surface area contributed by atoms with Gasteiger partial charge in [0.25, 0.3) is 10.2 Å². The van der Waals surface area contributed by atoms with Gasteiger partial charge in [-0.1, -0.05) is 24.3 Å². The monoisotopic (exact) mass is 300 g/mol. The van der Waals surface area contributed by atoms with Gasteiger partial charge >= 0.3 is 5.97 Å². The lowest BCUT2D eigenvalue weighted by molar-refractivity contribution is -0.136. The fraction of sp³-hybridized carbons (Fsp3) is 0.462. The first-order chi connectivity index (χ1) is 9.24. The molecule has 112 valence electrons. The van der Waals surface area contributed by atoms with Crippen molar-refractivity contribution in [2.45, 2.75) is 32.9 Å². The summed E-state index contributed by atoms with van der Waals surface area (Å²) >= 11 is 0. The summed E-state index contributed by atoms with van der Waals surface area (Å²) in [5, 5.41) is 8.83. The number of nitrogens with one attached hydrogen (secondary N) is 1. The molecule has 0 aliphatic carbocycles. The molecule has 0 bridgehead atoms. The highest BCUT2D eigenvalue weighted by Crippen LogP contribution is 2.11. The van der Waals surface area contributed by atoms with E-state index in [1.807, 2.05) is 0 Å². The van der Waals surface area contributed by atoms with E-state index in [-0.39, 0.29) is 19.0 Å². The van der Waals surface area contributed by atoms with E-state index in [1.165, 1.54) is 11.4 Å². The number of rotatable bonds is 7. The van der Waals surface area contributed by atoms with Gasteiger partial charge in [-0.05, 0) is 25.0 Å². The molecule has 0 atom stereocenters. The Kier molecular flexibility index (Phi) is 5.67. The number of benzene rings is 1. The topological polar surface area (TPSA) is 86.7 Å². The fourth-order valence-electron chi connectivity index (χ4n) is 1.61. The Morgan fingerprint density at radius 1 is 1.30 bits per heavy atom. The minimum Gasteiger partial charge on any atom is -0.481 e. The van der Waals surface area contributed by atoms with Gasteiger partial charge in [-0.25, -0.2) is 0 Å². The van der Waals surface area contributed by atoms with Crippen LogP contribution in [0, 0.1) is 0 Å². The molecule has 0 fully saturated rings. The number of hydrogen-bond donors (Lipinski definition) is 2. The second-order valence-corrected chi connectivity index (χ2v) is 6.59. The van der Waals surface area contributed by atoms with Gasteiger partial charge in [0.15, 0.2) is 0 Å². The van der Waals surface area contributed by atoms with Crippen molar-refractivity contribution in [2.75, 3.05) is 7.05 Å². The van der Waals surface area contributed by atoms with Gasteiger partial charge in [-0.15, -0.1) is 0 Å². The minimum atomic E-state index is -3.57. The summed E-state index contributed by atoms with van der Waals surface area (Å²) < 4.78 is 27.7. The highest BCUT2D eigenvalue weighted by molar-refractivity contribution is 7.87. The largest absolute Gasteiger partial charge is 0.481 e. The van der Waals surface area contributed by atoms with Crippen LogP contribution < -0.4 is 4.72 Å². The molecule has 0 aromatic heterocycles. The van der Waals surface area contributed by atoms with Crippen LogP contribution in [0.2, 0.25) is 0 Å². The van der Waals surface area contributed by atoms with Gasteiger partial charge in [0.05, 0.1) is 6.42 Å². The van der Waals surface area contributed by atoms with Crippen molar-refractivity contribution in [3.05, 3.63) is 35.4 Å². The first kappa shape index (κ1) is 16.6. The van der Waals surface area contributed by atoms with Crippen LogP contribution >= 0.6 is 0 Å². The van der Waals surface area contributed by atoms with Crippen molar-refractivity contribution in [1.82, 2.24) is 9.03 Å². The Morgan fingerprint density at radius 2 is 1.85 bits per heavy atom. The van der Waals surface area contributed by atoms with Gasteiger partial charge in [0, 0.05) is 19.6 Å². The summed E-state index contributed by atoms with van der Waals surface area (Å²) in [5.41, 5.74) is 1.27. The first-order valence-corrected chi connectivity index (χ1v) is 7.69. The summed E-state index contributed by atoms with van der Waals surface area (Å²) in [5.74, 6) is -0.945. The van der Waals surface area contributed by atoms with E-state index in [9.17, 15) is 13.2 Å². The number of aliphatic carboxylic acids is 1. The van der Waals surface area contributed by atoms with Crippen molar-refractivity contribution < 1.29 is 18.3 Å². The quantitative estimate of drug-likeness (QED) is 0.786. The van der Waals surface area contributed by atoms with E-state index >= 15 is 0 Å². The van der Waals surface area contributed by atoms with Gasteiger partial charge < -0.3 is 5.11 Å². The molecule has 2 N–H and O–H groups in total. The van der Waals surface area contributed by atoms with E-state index in [4.69, 9.17) is 5.11 Å². The van der Waals surface area contributed by atoms with E-state index in [0.717, 1.165) is 0 Å². The van der Waals surface area contributed by atoms with Crippen LogP contribution in [0.3, 0.4) is 0 Å². The molecule has 0 radical (unpaired) electrons. The molecule has 0 aliphatic rings. The van der Waals surface area contributed by atoms with E-state index in [1.54, 1.807) is 38.1 Å². The molecular formula is C13H20N2O4S.